The summed E-state index contributed by atoms with van der Waals surface area (Å²) in [6.45, 7) is 6.35. The molecule has 0 bridgehead atoms. The maximum absolute atomic E-state index is 2.41. The summed E-state index contributed by atoms with van der Waals surface area (Å²) in [4.78, 5) is 0. The number of aromatic nitrogens is 2. The van der Waals surface area contributed by atoms with E-state index in [-0.39, 0.29) is 0 Å². The van der Waals surface area contributed by atoms with E-state index < -0.39 is 0 Å². The van der Waals surface area contributed by atoms with Gasteiger partial charge < -0.3 is 9.13 Å². The fourth-order valence-corrected chi connectivity index (χ4v) is 11.3. The quantitative estimate of drug-likeness (QED) is 0.135. The van der Waals surface area contributed by atoms with Crippen LogP contribution in [0.15, 0.2) is 231 Å². The zero-order valence-corrected chi connectivity index (χ0v) is 38.2. The molecule has 2 heteroatoms. The highest BCUT2D eigenvalue weighted by molar-refractivity contribution is 6.21. The van der Waals surface area contributed by atoms with Gasteiger partial charge in [0.2, 0.25) is 0 Å². The van der Waals surface area contributed by atoms with Crippen molar-refractivity contribution in [1.82, 2.24) is 9.13 Å². The van der Waals surface area contributed by atoms with Gasteiger partial charge in [0.25, 0.3) is 0 Å². The molecule has 322 valence electrons. The lowest BCUT2D eigenvalue weighted by Gasteiger charge is -2.18. The van der Waals surface area contributed by atoms with Crippen LogP contribution in [0.3, 0.4) is 0 Å². The predicted octanol–water partition coefficient (Wildman–Crippen LogP) is 18.3. The summed E-state index contributed by atoms with van der Waals surface area (Å²) < 4.78 is 4.82. The third kappa shape index (κ3) is 6.40. The average molecular weight is 869 g/mol. The van der Waals surface area contributed by atoms with E-state index in [2.05, 4.69) is 254 Å². The Labute approximate surface area is 396 Å². The molecule has 13 rings (SSSR count). The van der Waals surface area contributed by atoms with Crippen molar-refractivity contribution in [3.8, 4) is 66.8 Å². The van der Waals surface area contributed by atoms with E-state index in [1.54, 1.807) is 0 Å². The van der Waals surface area contributed by atoms with Crippen molar-refractivity contribution in [1.29, 1.82) is 0 Å². The molecule has 0 spiro atoms. The molecule has 0 aliphatic rings. The molecule has 0 saturated heterocycles. The average Bonchev–Trinajstić information content (AvgIpc) is 3.91. The molecule has 0 fully saturated rings. The minimum atomic E-state index is 0.952. The van der Waals surface area contributed by atoms with Gasteiger partial charge in [-0.3, -0.25) is 0 Å². The SMILES string of the molecule is CCn1c2ccccc2c2cc(-c3ccc(-c4ccc(-c5c6ccccc6c(-c6ccc(-c7ccc(-c8ccc9c(c8)c8ccccc8n9CC)cc7)cc6)c6ccccc56)cc4)cc3)ccc21. The first-order valence-electron chi connectivity index (χ1n) is 24.0. The van der Waals surface area contributed by atoms with Gasteiger partial charge in [-0.2, -0.15) is 0 Å². The van der Waals surface area contributed by atoms with Crippen LogP contribution in [0.1, 0.15) is 13.8 Å². The van der Waals surface area contributed by atoms with Gasteiger partial charge in [-0.05, 0) is 139 Å². The lowest BCUT2D eigenvalue weighted by molar-refractivity contribution is 0.827. The minimum absolute atomic E-state index is 0.952. The summed E-state index contributed by atoms with van der Waals surface area (Å²) in [5, 5.41) is 10.3. The molecule has 0 aliphatic heterocycles. The van der Waals surface area contributed by atoms with E-state index in [1.807, 2.05) is 0 Å². The molecule has 0 atom stereocenters. The van der Waals surface area contributed by atoms with Crippen LogP contribution in [-0.2, 0) is 13.1 Å². The standard InChI is InChI=1S/C66H48N2/c1-3-67-61-19-11-9-13-53(61)59-41-51(37-39-63(59)67)47-25-21-43(22-26-47)45-29-33-49(34-30-45)65-55-15-5-7-17-57(55)66(58-18-8-6-16-56(58)65)50-35-31-46(32-36-50)44-23-27-48(28-24-44)52-38-40-64-60(42-52)54-14-10-12-20-62(54)68(64)4-2/h5-42H,3-4H2,1-2H3. The fraction of sp³-hybridized carbons (Fsp3) is 0.0606. The molecule has 11 aromatic carbocycles. The van der Waals surface area contributed by atoms with Crippen molar-refractivity contribution >= 4 is 65.2 Å². The first-order chi connectivity index (χ1) is 33.6. The fourth-order valence-electron chi connectivity index (χ4n) is 11.3. The first kappa shape index (κ1) is 39.9. The van der Waals surface area contributed by atoms with Gasteiger partial charge in [0.1, 0.15) is 0 Å². The molecule has 2 heterocycles. The van der Waals surface area contributed by atoms with E-state index >= 15 is 0 Å². The molecule has 0 amide bonds. The lowest BCUT2D eigenvalue weighted by atomic mass is 9.85. The van der Waals surface area contributed by atoms with Crippen LogP contribution in [-0.4, -0.2) is 9.13 Å². The van der Waals surface area contributed by atoms with Crippen LogP contribution in [0.5, 0.6) is 0 Å². The maximum Gasteiger partial charge on any atom is 0.0491 e. The zero-order valence-electron chi connectivity index (χ0n) is 38.2. The highest BCUT2D eigenvalue weighted by Gasteiger charge is 2.18. The number of nitrogens with zero attached hydrogens (tertiary/aromatic N) is 2. The highest BCUT2D eigenvalue weighted by atomic mass is 15.0. The Morgan fingerprint density at radius 3 is 0.765 bits per heavy atom. The van der Waals surface area contributed by atoms with E-state index in [9.17, 15) is 0 Å². The topological polar surface area (TPSA) is 9.86 Å². The third-order valence-electron chi connectivity index (χ3n) is 14.6. The minimum Gasteiger partial charge on any atom is -0.341 e. The number of benzene rings is 11. The molecule has 13 aromatic rings. The monoisotopic (exact) mass is 868 g/mol. The Morgan fingerprint density at radius 2 is 0.456 bits per heavy atom. The predicted molar refractivity (Wildman–Crippen MR) is 291 cm³/mol. The van der Waals surface area contributed by atoms with E-state index in [0.29, 0.717) is 0 Å². The second kappa shape index (κ2) is 16.2. The van der Waals surface area contributed by atoms with Gasteiger partial charge in [-0.1, -0.05) is 194 Å². The number of para-hydroxylation sites is 2. The Balaban J connectivity index is 0.798. The van der Waals surface area contributed by atoms with Crippen molar-refractivity contribution in [3.63, 3.8) is 0 Å². The second-order valence-corrected chi connectivity index (χ2v) is 18.1. The normalized spacial score (nSPS) is 11.8. The zero-order chi connectivity index (χ0) is 45.3. The number of rotatable bonds is 8. The van der Waals surface area contributed by atoms with Crippen LogP contribution in [0, 0.1) is 0 Å². The molecule has 2 nitrogen and oxygen atoms in total. The summed E-state index contributed by atoms with van der Waals surface area (Å²) >= 11 is 0. The van der Waals surface area contributed by atoms with Crippen LogP contribution in [0.4, 0.5) is 0 Å². The van der Waals surface area contributed by atoms with Crippen LogP contribution in [0.25, 0.3) is 132 Å². The van der Waals surface area contributed by atoms with E-state index in [0.717, 1.165) is 13.1 Å². The summed E-state index contributed by atoms with van der Waals surface area (Å²) in [5.74, 6) is 0. The highest BCUT2D eigenvalue weighted by Crippen LogP contribution is 2.45. The van der Waals surface area contributed by atoms with Crippen molar-refractivity contribution < 1.29 is 0 Å². The summed E-state index contributed by atoms with van der Waals surface area (Å²) in [5.41, 5.74) is 19.9. The van der Waals surface area contributed by atoms with E-state index in [4.69, 9.17) is 0 Å². The van der Waals surface area contributed by atoms with Crippen LogP contribution in [0.2, 0.25) is 0 Å². The van der Waals surface area contributed by atoms with Crippen molar-refractivity contribution in [2.75, 3.05) is 0 Å². The number of hydrogen-bond donors (Lipinski definition) is 0. The molecule has 2 aromatic heterocycles. The van der Waals surface area contributed by atoms with Crippen molar-refractivity contribution in [2.45, 2.75) is 26.9 Å². The lowest BCUT2D eigenvalue weighted by Crippen LogP contribution is -1.92. The first-order valence-corrected chi connectivity index (χ1v) is 24.0. The molecule has 0 radical (unpaired) electrons. The van der Waals surface area contributed by atoms with E-state index in [1.165, 1.54) is 132 Å². The smallest absolute Gasteiger partial charge is 0.0491 e. The van der Waals surface area contributed by atoms with Crippen LogP contribution >= 0.6 is 0 Å². The third-order valence-corrected chi connectivity index (χ3v) is 14.6. The number of aryl methyl sites for hydroxylation is 2. The molecule has 0 saturated carbocycles. The van der Waals surface area contributed by atoms with Crippen molar-refractivity contribution in [2.24, 2.45) is 0 Å². The maximum atomic E-state index is 2.41. The molecule has 0 aliphatic carbocycles. The van der Waals surface area contributed by atoms with Gasteiger partial charge in [-0.15, -0.1) is 0 Å². The Hall–Kier alpha value is -8.46. The molecule has 68 heavy (non-hydrogen) atoms. The number of hydrogen-bond acceptors (Lipinski definition) is 0. The Morgan fingerprint density at radius 1 is 0.221 bits per heavy atom. The van der Waals surface area contributed by atoms with Crippen molar-refractivity contribution in [3.05, 3.63) is 231 Å². The van der Waals surface area contributed by atoms with Gasteiger partial charge in [0, 0.05) is 56.7 Å². The summed E-state index contributed by atoms with van der Waals surface area (Å²) in [6, 6.07) is 85.6. The van der Waals surface area contributed by atoms with Crippen LogP contribution < -0.4 is 0 Å². The molecule has 0 unspecified atom stereocenters. The number of fused-ring (bicyclic) bond motifs is 8. The molecular formula is C66H48N2. The molecular weight excluding hydrogens is 821 g/mol. The van der Waals surface area contributed by atoms with Gasteiger partial charge in [-0.25, -0.2) is 0 Å². The van der Waals surface area contributed by atoms with Gasteiger partial charge in [0.15, 0.2) is 0 Å². The van der Waals surface area contributed by atoms with Gasteiger partial charge >= 0.3 is 0 Å². The largest absolute Gasteiger partial charge is 0.341 e. The second-order valence-electron chi connectivity index (χ2n) is 18.1. The Kier molecular flexibility index (Phi) is 9.47. The summed E-state index contributed by atoms with van der Waals surface area (Å²) in [6.07, 6.45) is 0. The van der Waals surface area contributed by atoms with Gasteiger partial charge in [0.05, 0.1) is 0 Å². The Bertz CT molecular complexity index is 3730. The molecule has 0 N–H and O–H groups in total. The summed E-state index contributed by atoms with van der Waals surface area (Å²) in [7, 11) is 0.